The molecule has 0 bridgehead atoms. The Labute approximate surface area is 257 Å². The zero-order chi connectivity index (χ0) is 31.6. The minimum absolute atomic E-state index is 0.0266. The summed E-state index contributed by atoms with van der Waals surface area (Å²) in [5.41, 5.74) is 8.84. The largest absolute Gasteiger partial charge is 0.416 e. The van der Waals surface area contributed by atoms with Gasteiger partial charge in [-0.25, -0.2) is 9.97 Å². The van der Waals surface area contributed by atoms with Crippen LogP contribution in [0.3, 0.4) is 0 Å². The lowest BCUT2D eigenvalue weighted by molar-refractivity contribution is -0.137. The molecule has 2 fully saturated rings. The van der Waals surface area contributed by atoms with E-state index in [2.05, 4.69) is 37.7 Å². The quantitative estimate of drug-likeness (QED) is 0.206. The van der Waals surface area contributed by atoms with Crippen LogP contribution in [-0.4, -0.2) is 62.6 Å². The highest BCUT2D eigenvalue weighted by Crippen LogP contribution is 2.39. The van der Waals surface area contributed by atoms with E-state index in [9.17, 15) is 22.8 Å². The number of anilines is 2. The van der Waals surface area contributed by atoms with Gasteiger partial charge in [0.1, 0.15) is 17.3 Å². The van der Waals surface area contributed by atoms with Crippen LogP contribution >= 0.6 is 0 Å². The van der Waals surface area contributed by atoms with Crippen molar-refractivity contribution in [3.05, 3.63) is 71.6 Å². The van der Waals surface area contributed by atoms with Crippen molar-refractivity contribution in [3.8, 4) is 11.3 Å². The van der Waals surface area contributed by atoms with Gasteiger partial charge in [0, 0.05) is 41.7 Å². The van der Waals surface area contributed by atoms with Gasteiger partial charge in [0.15, 0.2) is 0 Å². The van der Waals surface area contributed by atoms with Crippen LogP contribution in [0.15, 0.2) is 54.9 Å². The number of aromatic nitrogens is 4. The third-order valence-electron chi connectivity index (χ3n) is 8.44. The molecule has 2 aliphatic rings. The molecule has 234 valence electrons. The van der Waals surface area contributed by atoms with Crippen molar-refractivity contribution in [3.63, 3.8) is 0 Å². The lowest BCUT2D eigenvalue weighted by Gasteiger charge is -2.30. The van der Waals surface area contributed by atoms with E-state index in [4.69, 9.17) is 10.8 Å². The summed E-state index contributed by atoms with van der Waals surface area (Å²) in [5.74, 6) is -0.482. The summed E-state index contributed by atoms with van der Waals surface area (Å²) in [6.45, 7) is 3.27. The normalized spacial score (nSPS) is 18.7. The Kier molecular flexibility index (Phi) is 8.52. The fourth-order valence-corrected chi connectivity index (χ4v) is 5.95. The number of nitrogens with two attached hydrogens (primary N) is 1. The molecule has 13 heteroatoms. The lowest BCUT2D eigenvalue weighted by atomic mass is 10.0. The molecule has 1 aromatic carbocycles. The maximum Gasteiger partial charge on any atom is 0.416 e. The molecule has 6 rings (SSSR count). The van der Waals surface area contributed by atoms with E-state index < -0.39 is 17.6 Å². The van der Waals surface area contributed by atoms with Gasteiger partial charge in [0.2, 0.25) is 6.41 Å². The van der Waals surface area contributed by atoms with Gasteiger partial charge in [-0.2, -0.15) is 18.3 Å². The van der Waals surface area contributed by atoms with Gasteiger partial charge in [0.25, 0.3) is 5.91 Å². The van der Waals surface area contributed by atoms with E-state index in [1.165, 1.54) is 6.42 Å². The van der Waals surface area contributed by atoms with Crippen LogP contribution in [0.25, 0.3) is 28.2 Å². The molecular weight excluding hydrogens is 585 g/mol. The molecule has 10 nitrogen and oxygen atoms in total. The van der Waals surface area contributed by atoms with Gasteiger partial charge >= 0.3 is 6.18 Å². The molecule has 0 unspecified atom stereocenters. The molecule has 4 heterocycles. The Bertz CT molecular complexity index is 1730. The third-order valence-corrected chi connectivity index (χ3v) is 8.44. The molecular formula is C32H33F3N8O2. The van der Waals surface area contributed by atoms with Gasteiger partial charge in [0.05, 0.1) is 22.5 Å². The number of fused-ring (bicyclic) bond motifs is 1. The molecule has 1 aliphatic heterocycles. The summed E-state index contributed by atoms with van der Waals surface area (Å²) in [4.78, 5) is 34.7. The third kappa shape index (κ3) is 6.53. The van der Waals surface area contributed by atoms with E-state index in [-0.39, 0.29) is 23.5 Å². The maximum absolute atomic E-state index is 13.1. The molecule has 0 radical (unpaired) electrons. The zero-order valence-corrected chi connectivity index (χ0v) is 24.4. The topological polar surface area (TPSA) is 131 Å². The summed E-state index contributed by atoms with van der Waals surface area (Å²) in [6, 6.07) is 8.30. The van der Waals surface area contributed by atoms with Gasteiger partial charge in [-0.05, 0) is 69.5 Å². The number of hydrogen-bond donors (Lipinski definition) is 3. The smallest absolute Gasteiger partial charge is 0.383 e. The summed E-state index contributed by atoms with van der Waals surface area (Å²) >= 11 is 0. The number of benzene rings is 1. The molecule has 2 atom stereocenters. The fourth-order valence-electron chi connectivity index (χ4n) is 5.95. The highest BCUT2D eigenvalue weighted by Gasteiger charge is 2.31. The number of likely N-dealkylation sites (tertiary alicyclic amines) is 1. The van der Waals surface area contributed by atoms with Crippen LogP contribution in [0.4, 0.5) is 24.8 Å². The van der Waals surface area contributed by atoms with Crippen molar-refractivity contribution < 1.29 is 22.8 Å². The number of alkyl halides is 3. The van der Waals surface area contributed by atoms with Crippen molar-refractivity contribution in [2.45, 2.75) is 50.4 Å². The molecule has 3 aromatic heterocycles. The Balaban J connectivity index is 1.31. The highest BCUT2D eigenvalue weighted by atomic mass is 19.4. The SMILES string of the molecule is Nc1ncc(/C=C/CCN2CCC2)c2c1c(-c1ccc(C(=O)Nc3cc(C(F)(F)F)ccn3)cc1)nn2[C@@H]1CC[C@@H](NC=O)C1. The molecule has 45 heavy (non-hydrogen) atoms. The van der Waals surface area contributed by atoms with Crippen molar-refractivity contribution in [2.24, 2.45) is 0 Å². The lowest BCUT2D eigenvalue weighted by Crippen LogP contribution is -2.37. The fraction of sp³-hybridized carbons (Fsp3) is 0.344. The van der Waals surface area contributed by atoms with E-state index in [1.807, 2.05) is 4.68 Å². The second-order valence-corrected chi connectivity index (χ2v) is 11.4. The second-order valence-electron chi connectivity index (χ2n) is 11.4. The summed E-state index contributed by atoms with van der Waals surface area (Å²) < 4.78 is 41.3. The van der Waals surface area contributed by atoms with Crippen LogP contribution < -0.4 is 16.4 Å². The number of amides is 2. The molecule has 1 saturated carbocycles. The van der Waals surface area contributed by atoms with Crippen molar-refractivity contribution in [1.29, 1.82) is 0 Å². The number of rotatable bonds is 10. The number of carbonyl (C=O) groups is 2. The number of carbonyl (C=O) groups excluding carboxylic acids is 2. The van der Waals surface area contributed by atoms with E-state index in [0.717, 1.165) is 81.1 Å². The molecule has 2 amide bonds. The predicted octanol–water partition coefficient (Wildman–Crippen LogP) is 5.30. The zero-order valence-electron chi connectivity index (χ0n) is 24.4. The van der Waals surface area contributed by atoms with Crippen LogP contribution in [0.2, 0.25) is 0 Å². The van der Waals surface area contributed by atoms with E-state index >= 15 is 0 Å². The number of nitrogen functional groups attached to an aromatic ring is 1. The van der Waals surface area contributed by atoms with Crippen molar-refractivity contribution >= 4 is 40.9 Å². The Morgan fingerprint density at radius 1 is 1.11 bits per heavy atom. The Hall–Kier alpha value is -4.78. The van der Waals surface area contributed by atoms with Gasteiger partial charge < -0.3 is 21.3 Å². The number of pyridine rings is 2. The maximum atomic E-state index is 13.1. The first-order chi connectivity index (χ1) is 21.7. The van der Waals surface area contributed by atoms with Crippen LogP contribution in [0, 0.1) is 0 Å². The summed E-state index contributed by atoms with van der Waals surface area (Å²) in [7, 11) is 0. The number of nitrogens with zero attached hydrogens (tertiary/aromatic N) is 5. The van der Waals surface area contributed by atoms with Gasteiger partial charge in [-0.15, -0.1) is 0 Å². The second kappa shape index (κ2) is 12.7. The first kappa shape index (κ1) is 30.3. The predicted molar refractivity (Wildman–Crippen MR) is 165 cm³/mol. The Morgan fingerprint density at radius 2 is 1.91 bits per heavy atom. The van der Waals surface area contributed by atoms with Crippen LogP contribution in [-0.2, 0) is 11.0 Å². The average Bonchev–Trinajstić information content (AvgIpc) is 3.63. The van der Waals surface area contributed by atoms with Crippen LogP contribution in [0.5, 0.6) is 0 Å². The monoisotopic (exact) mass is 618 g/mol. The number of halogens is 3. The standard InChI is InChI=1S/C32H33F3N8O2/c33-32(34,35)23-11-12-37-26(16-23)40-31(45)21-7-5-20(6-8-21)28-27-29(43(41-28)25-10-9-24(17-25)39-19-44)22(18-38-30(27)36)4-1-2-13-42-14-3-15-42/h1,4-8,11-12,16,18-19,24-25H,2-3,9-10,13-15,17H2,(H2,36,38)(H,39,44)(H,37,40,45)/b4-1+/t24-,25-/m1/s1. The summed E-state index contributed by atoms with van der Waals surface area (Å²) in [5, 5.41) is 11.0. The number of hydrogen-bond acceptors (Lipinski definition) is 7. The van der Waals surface area contributed by atoms with Gasteiger partial charge in [-0.1, -0.05) is 24.3 Å². The minimum atomic E-state index is -4.55. The highest BCUT2D eigenvalue weighted by molar-refractivity contribution is 6.06. The van der Waals surface area contributed by atoms with E-state index in [0.29, 0.717) is 22.5 Å². The number of nitrogens with one attached hydrogen (secondary N) is 2. The first-order valence-electron chi connectivity index (χ1n) is 14.9. The molecule has 4 aromatic rings. The van der Waals surface area contributed by atoms with Gasteiger partial charge in [-0.3, -0.25) is 14.3 Å². The first-order valence-corrected chi connectivity index (χ1v) is 14.9. The molecule has 0 spiro atoms. The molecule has 1 aliphatic carbocycles. The average molecular weight is 619 g/mol. The molecule has 4 N–H and O–H groups in total. The van der Waals surface area contributed by atoms with Crippen LogP contribution in [0.1, 0.15) is 59.6 Å². The van der Waals surface area contributed by atoms with Crippen molar-refractivity contribution in [1.82, 2.24) is 30.0 Å². The van der Waals surface area contributed by atoms with Crippen molar-refractivity contribution in [2.75, 3.05) is 30.7 Å². The Morgan fingerprint density at radius 3 is 2.62 bits per heavy atom. The minimum Gasteiger partial charge on any atom is -0.383 e. The van der Waals surface area contributed by atoms with E-state index in [1.54, 1.807) is 30.5 Å². The molecule has 1 saturated heterocycles. The summed E-state index contributed by atoms with van der Waals surface area (Å²) in [6.07, 6.45) is 7.64.